The summed E-state index contributed by atoms with van der Waals surface area (Å²) >= 11 is 0. The summed E-state index contributed by atoms with van der Waals surface area (Å²) in [5.41, 5.74) is 3.83. The summed E-state index contributed by atoms with van der Waals surface area (Å²) < 4.78 is 5.65. The summed E-state index contributed by atoms with van der Waals surface area (Å²) in [6.07, 6.45) is 2.71. The maximum atomic E-state index is 5.65. The molecule has 4 rings (SSSR count). The first-order valence-electron chi connectivity index (χ1n) is 7.17. The van der Waals surface area contributed by atoms with E-state index < -0.39 is 0 Å². The van der Waals surface area contributed by atoms with Gasteiger partial charge >= 0.3 is 0 Å². The quantitative estimate of drug-likeness (QED) is 0.745. The van der Waals surface area contributed by atoms with Gasteiger partial charge in [-0.1, -0.05) is 6.07 Å². The van der Waals surface area contributed by atoms with Crippen LogP contribution in [0.4, 0.5) is 0 Å². The molecule has 4 heterocycles. The van der Waals surface area contributed by atoms with Crippen molar-refractivity contribution in [3.8, 4) is 0 Å². The molecule has 1 aromatic rings. The lowest BCUT2D eigenvalue weighted by Gasteiger charge is -2.31. The second-order valence-electron chi connectivity index (χ2n) is 5.99. The van der Waals surface area contributed by atoms with Crippen LogP contribution in [0.25, 0.3) is 0 Å². The number of fused-ring (bicyclic) bond motifs is 3. The number of likely N-dealkylation sites (tertiary alicyclic amines) is 1. The van der Waals surface area contributed by atoms with Gasteiger partial charge in [0.25, 0.3) is 0 Å². The van der Waals surface area contributed by atoms with E-state index in [1.54, 1.807) is 0 Å². The van der Waals surface area contributed by atoms with Gasteiger partial charge in [-0.2, -0.15) is 0 Å². The van der Waals surface area contributed by atoms with Crippen molar-refractivity contribution >= 4 is 0 Å². The molecule has 102 valence electrons. The predicted octanol–water partition coefficient (Wildman–Crippen LogP) is 1.20. The van der Waals surface area contributed by atoms with E-state index in [-0.39, 0.29) is 0 Å². The van der Waals surface area contributed by atoms with Gasteiger partial charge in [0.1, 0.15) is 0 Å². The fraction of sp³-hybridized carbons (Fsp3) is 0.600. The third-order valence-electron chi connectivity index (χ3n) is 4.56. The molecule has 2 bridgehead atoms. The average molecular weight is 258 g/mol. The number of pyridine rings is 1. The van der Waals surface area contributed by atoms with E-state index in [4.69, 9.17) is 9.72 Å². The van der Waals surface area contributed by atoms with E-state index in [0.717, 1.165) is 39.2 Å². The summed E-state index contributed by atoms with van der Waals surface area (Å²) in [5.74, 6) is 0. The van der Waals surface area contributed by atoms with E-state index >= 15 is 0 Å². The van der Waals surface area contributed by atoms with E-state index in [2.05, 4.69) is 29.0 Å². The Bertz CT molecular complexity index is 490. The van der Waals surface area contributed by atoms with Gasteiger partial charge < -0.3 is 9.64 Å². The van der Waals surface area contributed by atoms with Crippen LogP contribution in [-0.4, -0.2) is 46.6 Å². The molecule has 2 fully saturated rings. The van der Waals surface area contributed by atoms with E-state index in [9.17, 15) is 0 Å². The van der Waals surface area contributed by atoms with Crippen LogP contribution in [0.3, 0.4) is 0 Å². The predicted molar refractivity (Wildman–Crippen MR) is 72.3 cm³/mol. The normalized spacial score (nSPS) is 30.8. The zero-order valence-corrected chi connectivity index (χ0v) is 11.2. The lowest BCUT2D eigenvalue weighted by molar-refractivity contribution is 0.0268. The Morgan fingerprint density at radius 1 is 1.42 bits per heavy atom. The molecule has 0 radical (unpaired) electrons. The van der Waals surface area contributed by atoms with E-state index in [1.165, 1.54) is 23.4 Å². The minimum Gasteiger partial charge on any atom is -0.455 e. The van der Waals surface area contributed by atoms with Gasteiger partial charge in [0.15, 0.2) is 0 Å². The first-order valence-corrected chi connectivity index (χ1v) is 7.17. The molecule has 0 amide bonds. The fourth-order valence-corrected chi connectivity index (χ4v) is 3.49. The Kier molecular flexibility index (Phi) is 2.83. The number of hydrogen-bond donors (Lipinski definition) is 0. The Labute approximate surface area is 114 Å². The topological polar surface area (TPSA) is 28.6 Å². The zero-order valence-electron chi connectivity index (χ0n) is 11.2. The van der Waals surface area contributed by atoms with Crippen LogP contribution in [0.2, 0.25) is 0 Å². The molecular formula is C15H20N3O-. The highest BCUT2D eigenvalue weighted by molar-refractivity contribution is 5.25. The Hall–Kier alpha value is -0.970. The first-order chi connectivity index (χ1) is 9.28. The van der Waals surface area contributed by atoms with Crippen LogP contribution in [-0.2, 0) is 24.2 Å². The van der Waals surface area contributed by atoms with Crippen molar-refractivity contribution < 1.29 is 4.74 Å². The molecule has 4 nitrogen and oxygen atoms in total. The van der Waals surface area contributed by atoms with Crippen LogP contribution in [0.5, 0.6) is 0 Å². The second-order valence-corrected chi connectivity index (χ2v) is 5.99. The zero-order chi connectivity index (χ0) is 12.8. The molecule has 3 aliphatic heterocycles. The molecular weight excluding hydrogens is 238 g/mol. The van der Waals surface area contributed by atoms with Crippen LogP contribution in [0, 0.1) is 7.05 Å². The minimum atomic E-state index is 0.474. The summed E-state index contributed by atoms with van der Waals surface area (Å²) in [7, 11) is 4.01. The molecule has 3 aliphatic rings. The highest BCUT2D eigenvalue weighted by Crippen LogP contribution is 2.29. The summed E-state index contributed by atoms with van der Waals surface area (Å²) in [6, 6.07) is 5.04. The molecule has 0 aromatic carbocycles. The molecule has 2 atom stereocenters. The number of hydrogen-bond acceptors (Lipinski definition) is 4. The van der Waals surface area contributed by atoms with Crippen LogP contribution in [0.1, 0.15) is 23.4 Å². The van der Waals surface area contributed by atoms with Gasteiger partial charge in [-0.15, -0.1) is 0 Å². The van der Waals surface area contributed by atoms with Gasteiger partial charge in [0, 0.05) is 31.2 Å². The average Bonchev–Trinajstić information content (AvgIpc) is 3.01. The van der Waals surface area contributed by atoms with Crippen molar-refractivity contribution in [3.05, 3.63) is 36.1 Å². The molecule has 0 N–H and O–H groups in total. The minimum absolute atomic E-state index is 0.474. The van der Waals surface area contributed by atoms with Crippen LogP contribution in [0.15, 0.2) is 12.1 Å². The van der Waals surface area contributed by atoms with Crippen LogP contribution >= 0.6 is 0 Å². The van der Waals surface area contributed by atoms with Gasteiger partial charge in [-0.25, -0.2) is 0 Å². The number of rotatable bonds is 2. The maximum Gasteiger partial charge on any atom is 0.0718 e. The first kappa shape index (κ1) is 11.8. The van der Waals surface area contributed by atoms with Gasteiger partial charge in [0.2, 0.25) is 0 Å². The Morgan fingerprint density at radius 2 is 2.37 bits per heavy atom. The molecule has 0 unspecified atom stereocenters. The smallest absolute Gasteiger partial charge is 0.0718 e. The highest BCUT2D eigenvalue weighted by Gasteiger charge is 2.38. The Morgan fingerprint density at radius 3 is 3.16 bits per heavy atom. The number of nitrogens with zero attached hydrogens (tertiary/aromatic N) is 3. The SMILES string of the molecule is [CH2-]N1CCc2nc(CN3C[C@H]4C[C@@H]3CO4)ccc2C1. The maximum absolute atomic E-state index is 5.65. The van der Waals surface area contributed by atoms with Gasteiger partial charge in [-0.05, 0) is 31.1 Å². The Balaban J connectivity index is 1.50. The van der Waals surface area contributed by atoms with Crippen molar-refractivity contribution in [2.45, 2.75) is 38.1 Å². The monoisotopic (exact) mass is 258 g/mol. The van der Waals surface area contributed by atoms with Crippen molar-refractivity contribution in [3.63, 3.8) is 0 Å². The second kappa shape index (κ2) is 4.54. The lowest BCUT2D eigenvalue weighted by Crippen LogP contribution is -2.36. The molecule has 1 aromatic heterocycles. The summed E-state index contributed by atoms with van der Waals surface area (Å²) in [5, 5.41) is 0. The molecule has 0 saturated carbocycles. The standard InChI is InChI=1S/C15H20N3O/c1-17-5-4-15-11(7-17)2-3-12(16-15)8-18-9-14-6-13(18)10-19-14/h2-3,13-14H,1,4-10H2/q-1/t13-,14-/m1/s1. The molecule has 19 heavy (non-hydrogen) atoms. The van der Waals surface area contributed by atoms with Crippen LogP contribution < -0.4 is 0 Å². The van der Waals surface area contributed by atoms with Crippen molar-refractivity contribution in [1.29, 1.82) is 0 Å². The number of aromatic nitrogens is 1. The molecule has 2 saturated heterocycles. The van der Waals surface area contributed by atoms with E-state index in [0.29, 0.717) is 12.1 Å². The summed E-state index contributed by atoms with van der Waals surface area (Å²) in [6.45, 7) is 4.92. The lowest BCUT2D eigenvalue weighted by atomic mass is 10.1. The number of ether oxygens (including phenoxy) is 1. The van der Waals surface area contributed by atoms with E-state index in [1.807, 2.05) is 0 Å². The van der Waals surface area contributed by atoms with Crippen molar-refractivity contribution in [2.75, 3.05) is 19.7 Å². The van der Waals surface area contributed by atoms with Gasteiger partial charge in [0.05, 0.1) is 18.4 Å². The largest absolute Gasteiger partial charge is 0.455 e. The summed E-state index contributed by atoms with van der Waals surface area (Å²) in [4.78, 5) is 9.50. The third-order valence-corrected chi connectivity index (χ3v) is 4.56. The molecule has 0 spiro atoms. The molecule has 0 aliphatic carbocycles. The third kappa shape index (κ3) is 2.18. The fourth-order valence-electron chi connectivity index (χ4n) is 3.49. The highest BCUT2D eigenvalue weighted by atomic mass is 16.5. The van der Waals surface area contributed by atoms with Crippen molar-refractivity contribution in [1.82, 2.24) is 14.8 Å². The number of morpholine rings is 1. The van der Waals surface area contributed by atoms with Gasteiger partial charge in [-0.3, -0.25) is 16.9 Å². The molecule has 4 heteroatoms. The van der Waals surface area contributed by atoms with Crippen molar-refractivity contribution in [2.24, 2.45) is 0 Å².